The molecule has 2 amide bonds. The van der Waals surface area contributed by atoms with E-state index in [1.165, 1.54) is 0 Å². The standard InChI is InChI=1S/C12H23N3O2/c1-2-15(8-11(14)16)12(17)10-5-3-9(7-13)4-6-10/h9-10H,2-8,13H2,1H3,(H2,14,16). The van der Waals surface area contributed by atoms with Crippen LogP contribution in [-0.4, -0.2) is 36.3 Å². The molecule has 0 heterocycles. The van der Waals surface area contributed by atoms with Crippen LogP contribution >= 0.6 is 0 Å². The molecule has 0 radical (unpaired) electrons. The van der Waals surface area contributed by atoms with Gasteiger partial charge < -0.3 is 16.4 Å². The van der Waals surface area contributed by atoms with Crippen LogP contribution in [0.1, 0.15) is 32.6 Å². The van der Waals surface area contributed by atoms with E-state index in [1.807, 2.05) is 6.92 Å². The summed E-state index contributed by atoms with van der Waals surface area (Å²) in [4.78, 5) is 24.6. The summed E-state index contributed by atoms with van der Waals surface area (Å²) in [6, 6.07) is 0. The maximum Gasteiger partial charge on any atom is 0.237 e. The molecule has 5 heteroatoms. The van der Waals surface area contributed by atoms with Gasteiger partial charge in [0, 0.05) is 12.5 Å². The van der Waals surface area contributed by atoms with E-state index in [-0.39, 0.29) is 18.4 Å². The number of primary amides is 1. The van der Waals surface area contributed by atoms with Crippen molar-refractivity contribution in [3.8, 4) is 0 Å². The summed E-state index contributed by atoms with van der Waals surface area (Å²) in [5, 5.41) is 0. The summed E-state index contributed by atoms with van der Waals surface area (Å²) in [6.07, 6.45) is 3.80. The summed E-state index contributed by atoms with van der Waals surface area (Å²) < 4.78 is 0. The smallest absolute Gasteiger partial charge is 0.237 e. The van der Waals surface area contributed by atoms with Gasteiger partial charge in [0.05, 0.1) is 6.54 Å². The lowest BCUT2D eigenvalue weighted by atomic mass is 9.81. The summed E-state index contributed by atoms with van der Waals surface area (Å²) in [7, 11) is 0. The first-order chi connectivity index (χ1) is 8.08. The van der Waals surface area contributed by atoms with Gasteiger partial charge in [-0.2, -0.15) is 0 Å². The first kappa shape index (κ1) is 14.0. The highest BCUT2D eigenvalue weighted by molar-refractivity contribution is 5.85. The van der Waals surface area contributed by atoms with Crippen molar-refractivity contribution in [3.05, 3.63) is 0 Å². The third-order valence-corrected chi connectivity index (χ3v) is 3.57. The molecule has 4 N–H and O–H groups in total. The second-order valence-corrected chi connectivity index (χ2v) is 4.77. The van der Waals surface area contributed by atoms with Crippen LogP contribution in [0.15, 0.2) is 0 Å². The largest absolute Gasteiger partial charge is 0.368 e. The molecular weight excluding hydrogens is 218 g/mol. The Hall–Kier alpha value is -1.10. The molecule has 0 aromatic heterocycles. The molecule has 1 rings (SSSR count). The molecular formula is C12H23N3O2. The molecule has 0 spiro atoms. The van der Waals surface area contributed by atoms with Crippen molar-refractivity contribution in [2.75, 3.05) is 19.6 Å². The average Bonchev–Trinajstić information content (AvgIpc) is 2.35. The van der Waals surface area contributed by atoms with Gasteiger partial charge in [0.1, 0.15) is 0 Å². The van der Waals surface area contributed by atoms with E-state index in [9.17, 15) is 9.59 Å². The summed E-state index contributed by atoms with van der Waals surface area (Å²) in [5.74, 6) is 0.236. The van der Waals surface area contributed by atoms with Gasteiger partial charge in [0.2, 0.25) is 11.8 Å². The lowest BCUT2D eigenvalue weighted by Crippen LogP contribution is -2.42. The van der Waals surface area contributed by atoms with Crippen LogP contribution in [-0.2, 0) is 9.59 Å². The van der Waals surface area contributed by atoms with Gasteiger partial charge in [0.25, 0.3) is 0 Å². The predicted octanol–water partition coefficient (Wildman–Crippen LogP) is 0.0853. The van der Waals surface area contributed by atoms with Crippen molar-refractivity contribution in [1.82, 2.24) is 4.90 Å². The number of hydrogen-bond acceptors (Lipinski definition) is 3. The van der Waals surface area contributed by atoms with Gasteiger partial charge in [-0.1, -0.05) is 0 Å². The normalized spacial score (nSPS) is 24.4. The van der Waals surface area contributed by atoms with Gasteiger partial charge in [-0.15, -0.1) is 0 Å². The fourth-order valence-electron chi connectivity index (χ4n) is 2.44. The minimum atomic E-state index is -0.448. The van der Waals surface area contributed by atoms with Crippen LogP contribution in [0.3, 0.4) is 0 Å². The monoisotopic (exact) mass is 241 g/mol. The molecule has 0 bridgehead atoms. The zero-order valence-electron chi connectivity index (χ0n) is 10.5. The quantitative estimate of drug-likeness (QED) is 0.714. The van der Waals surface area contributed by atoms with Gasteiger partial charge in [-0.3, -0.25) is 9.59 Å². The molecule has 0 atom stereocenters. The minimum absolute atomic E-state index is 0.0339. The predicted molar refractivity (Wildman–Crippen MR) is 66.0 cm³/mol. The zero-order valence-corrected chi connectivity index (χ0v) is 10.5. The van der Waals surface area contributed by atoms with Crippen LogP contribution < -0.4 is 11.5 Å². The Morgan fingerprint density at radius 3 is 2.24 bits per heavy atom. The third kappa shape index (κ3) is 4.00. The van der Waals surface area contributed by atoms with Crippen LogP contribution in [0.25, 0.3) is 0 Å². The fraction of sp³-hybridized carbons (Fsp3) is 0.833. The van der Waals surface area contributed by atoms with Crippen molar-refractivity contribution in [1.29, 1.82) is 0 Å². The Labute approximate surface area is 103 Å². The lowest BCUT2D eigenvalue weighted by molar-refractivity contribution is -0.139. The Morgan fingerprint density at radius 2 is 1.82 bits per heavy atom. The van der Waals surface area contributed by atoms with Crippen molar-refractivity contribution < 1.29 is 9.59 Å². The maximum atomic E-state index is 12.1. The van der Waals surface area contributed by atoms with E-state index in [0.717, 1.165) is 25.7 Å². The molecule has 1 saturated carbocycles. The molecule has 0 aromatic carbocycles. The van der Waals surface area contributed by atoms with E-state index in [0.29, 0.717) is 19.0 Å². The van der Waals surface area contributed by atoms with Gasteiger partial charge in [-0.25, -0.2) is 0 Å². The highest BCUT2D eigenvalue weighted by Gasteiger charge is 2.28. The summed E-state index contributed by atoms with van der Waals surface area (Å²) in [5.41, 5.74) is 10.8. The molecule has 5 nitrogen and oxygen atoms in total. The Balaban J connectivity index is 2.48. The highest BCUT2D eigenvalue weighted by Crippen LogP contribution is 2.29. The van der Waals surface area contributed by atoms with Gasteiger partial charge in [-0.05, 0) is 45.1 Å². The molecule has 0 unspecified atom stereocenters. The highest BCUT2D eigenvalue weighted by atomic mass is 16.2. The number of hydrogen-bond donors (Lipinski definition) is 2. The first-order valence-electron chi connectivity index (χ1n) is 6.35. The van der Waals surface area contributed by atoms with Gasteiger partial charge in [0.15, 0.2) is 0 Å². The number of carbonyl (C=O) groups is 2. The zero-order chi connectivity index (χ0) is 12.8. The molecule has 1 fully saturated rings. The maximum absolute atomic E-state index is 12.1. The number of amides is 2. The molecule has 98 valence electrons. The van der Waals surface area contributed by atoms with Crippen molar-refractivity contribution in [2.24, 2.45) is 23.3 Å². The van der Waals surface area contributed by atoms with Crippen molar-refractivity contribution >= 4 is 11.8 Å². The second-order valence-electron chi connectivity index (χ2n) is 4.77. The number of rotatable bonds is 5. The van der Waals surface area contributed by atoms with E-state index in [1.54, 1.807) is 4.90 Å². The molecule has 0 saturated heterocycles. The van der Waals surface area contributed by atoms with Crippen LogP contribution in [0, 0.1) is 11.8 Å². The molecule has 17 heavy (non-hydrogen) atoms. The fourth-order valence-corrected chi connectivity index (χ4v) is 2.44. The average molecular weight is 241 g/mol. The summed E-state index contributed by atoms with van der Waals surface area (Å²) >= 11 is 0. The number of carbonyl (C=O) groups excluding carboxylic acids is 2. The minimum Gasteiger partial charge on any atom is -0.368 e. The Bertz CT molecular complexity index is 273. The lowest BCUT2D eigenvalue weighted by Gasteiger charge is -2.30. The van der Waals surface area contributed by atoms with E-state index in [4.69, 9.17) is 11.5 Å². The number of nitrogens with two attached hydrogens (primary N) is 2. The number of likely N-dealkylation sites (N-methyl/N-ethyl adjacent to an activating group) is 1. The third-order valence-electron chi connectivity index (χ3n) is 3.57. The second kappa shape index (κ2) is 6.59. The van der Waals surface area contributed by atoms with Crippen LogP contribution in [0.2, 0.25) is 0 Å². The van der Waals surface area contributed by atoms with Gasteiger partial charge >= 0.3 is 0 Å². The topological polar surface area (TPSA) is 89.4 Å². The van der Waals surface area contributed by atoms with Crippen molar-refractivity contribution in [2.45, 2.75) is 32.6 Å². The SMILES string of the molecule is CCN(CC(N)=O)C(=O)C1CCC(CN)CC1. The number of nitrogens with zero attached hydrogens (tertiary/aromatic N) is 1. The first-order valence-corrected chi connectivity index (χ1v) is 6.35. The molecule has 1 aliphatic carbocycles. The van der Waals surface area contributed by atoms with Crippen LogP contribution in [0.5, 0.6) is 0 Å². The van der Waals surface area contributed by atoms with Crippen molar-refractivity contribution in [3.63, 3.8) is 0 Å². The summed E-state index contributed by atoms with van der Waals surface area (Å²) in [6.45, 7) is 3.15. The molecule has 0 aromatic rings. The van der Waals surface area contributed by atoms with E-state index in [2.05, 4.69) is 0 Å². The Kier molecular flexibility index (Phi) is 5.41. The van der Waals surface area contributed by atoms with E-state index >= 15 is 0 Å². The van der Waals surface area contributed by atoms with E-state index < -0.39 is 5.91 Å². The molecule has 1 aliphatic rings. The Morgan fingerprint density at radius 1 is 1.24 bits per heavy atom. The van der Waals surface area contributed by atoms with Crippen LogP contribution in [0.4, 0.5) is 0 Å². The molecule has 0 aliphatic heterocycles.